The summed E-state index contributed by atoms with van der Waals surface area (Å²) in [6.07, 6.45) is 0. The zero-order valence-electron chi connectivity index (χ0n) is 13.0. The maximum atomic E-state index is 6.22. The zero-order chi connectivity index (χ0) is 15.8. The smallest absolute Gasteiger partial charge is 0.161 e. The zero-order valence-corrected chi connectivity index (χ0v) is 15.4. The van der Waals surface area contributed by atoms with Crippen LogP contribution in [-0.2, 0) is 5.41 Å². The van der Waals surface area contributed by atoms with E-state index in [1.165, 1.54) is 5.56 Å². The summed E-state index contributed by atoms with van der Waals surface area (Å²) in [5.41, 5.74) is 3.35. The van der Waals surface area contributed by atoms with E-state index < -0.39 is 0 Å². The van der Waals surface area contributed by atoms with Crippen LogP contribution in [0.25, 0.3) is 11.4 Å². The van der Waals surface area contributed by atoms with E-state index in [-0.39, 0.29) is 11.3 Å². The van der Waals surface area contributed by atoms with E-state index in [4.69, 9.17) is 11.6 Å². The third-order valence-electron chi connectivity index (χ3n) is 3.39. The summed E-state index contributed by atoms with van der Waals surface area (Å²) in [6.45, 7) is 10.8. The third kappa shape index (κ3) is 3.64. The SMILES string of the molecule is CC(C)c1nc(-c2ccc(C(C)(C)C)cc2)nc(Cl)c1Br. The average molecular weight is 368 g/mol. The van der Waals surface area contributed by atoms with Crippen LogP contribution in [0.5, 0.6) is 0 Å². The van der Waals surface area contributed by atoms with Crippen molar-refractivity contribution in [2.75, 3.05) is 0 Å². The molecule has 1 aromatic heterocycles. The Labute approximate surface area is 140 Å². The van der Waals surface area contributed by atoms with Crippen molar-refractivity contribution in [3.63, 3.8) is 0 Å². The van der Waals surface area contributed by atoms with Gasteiger partial charge in [-0.3, -0.25) is 0 Å². The minimum Gasteiger partial charge on any atom is -0.232 e. The summed E-state index contributed by atoms with van der Waals surface area (Å²) in [6, 6.07) is 8.38. The van der Waals surface area contributed by atoms with E-state index >= 15 is 0 Å². The molecule has 2 rings (SSSR count). The van der Waals surface area contributed by atoms with Crippen molar-refractivity contribution in [2.45, 2.75) is 46.0 Å². The highest BCUT2D eigenvalue weighted by molar-refractivity contribution is 9.10. The van der Waals surface area contributed by atoms with Gasteiger partial charge in [0.15, 0.2) is 5.82 Å². The second-order valence-corrected chi connectivity index (χ2v) is 7.67. The average Bonchev–Trinajstić information content (AvgIpc) is 2.40. The van der Waals surface area contributed by atoms with Gasteiger partial charge in [-0.25, -0.2) is 9.97 Å². The van der Waals surface area contributed by atoms with E-state index in [0.29, 0.717) is 11.0 Å². The van der Waals surface area contributed by atoms with E-state index in [1.54, 1.807) is 0 Å². The van der Waals surface area contributed by atoms with Crippen LogP contribution in [0.2, 0.25) is 5.15 Å². The lowest BCUT2D eigenvalue weighted by Gasteiger charge is -2.19. The Morgan fingerprint density at radius 2 is 1.62 bits per heavy atom. The van der Waals surface area contributed by atoms with Crippen molar-refractivity contribution >= 4 is 27.5 Å². The molecule has 4 heteroatoms. The van der Waals surface area contributed by atoms with Gasteiger partial charge in [-0.15, -0.1) is 0 Å². The summed E-state index contributed by atoms with van der Waals surface area (Å²) in [5.74, 6) is 0.958. The van der Waals surface area contributed by atoms with Crippen LogP contribution in [0.15, 0.2) is 28.7 Å². The fourth-order valence-corrected chi connectivity index (χ4v) is 2.88. The molecule has 0 aliphatic rings. The van der Waals surface area contributed by atoms with Gasteiger partial charge < -0.3 is 0 Å². The molecule has 0 saturated carbocycles. The van der Waals surface area contributed by atoms with Crippen molar-refractivity contribution < 1.29 is 0 Å². The summed E-state index contributed by atoms with van der Waals surface area (Å²) in [7, 11) is 0. The molecule has 0 aliphatic heterocycles. The maximum absolute atomic E-state index is 6.22. The number of aromatic nitrogens is 2. The topological polar surface area (TPSA) is 25.8 Å². The van der Waals surface area contributed by atoms with Crippen molar-refractivity contribution in [1.82, 2.24) is 9.97 Å². The predicted octanol–water partition coefficient (Wildman–Crippen LogP) is 5.98. The molecular weight excluding hydrogens is 348 g/mol. The first-order valence-electron chi connectivity index (χ1n) is 7.04. The van der Waals surface area contributed by atoms with Gasteiger partial charge in [-0.1, -0.05) is 70.5 Å². The highest BCUT2D eigenvalue weighted by Crippen LogP contribution is 2.31. The number of hydrogen-bond acceptors (Lipinski definition) is 2. The Morgan fingerprint density at radius 1 is 1.05 bits per heavy atom. The first-order chi connectivity index (χ1) is 9.70. The van der Waals surface area contributed by atoms with Crippen LogP contribution in [-0.4, -0.2) is 9.97 Å². The van der Waals surface area contributed by atoms with Crippen molar-refractivity contribution in [2.24, 2.45) is 0 Å². The van der Waals surface area contributed by atoms with Gasteiger partial charge >= 0.3 is 0 Å². The largest absolute Gasteiger partial charge is 0.232 e. The van der Waals surface area contributed by atoms with Gasteiger partial charge in [0.1, 0.15) is 5.15 Å². The second-order valence-electron chi connectivity index (χ2n) is 6.52. The quantitative estimate of drug-likeness (QED) is 0.610. The molecule has 1 heterocycles. The lowest BCUT2D eigenvalue weighted by Crippen LogP contribution is -2.10. The lowest BCUT2D eigenvalue weighted by atomic mass is 9.87. The van der Waals surface area contributed by atoms with Crippen LogP contribution >= 0.6 is 27.5 Å². The van der Waals surface area contributed by atoms with Crippen molar-refractivity contribution in [3.05, 3.63) is 45.1 Å². The van der Waals surface area contributed by atoms with Gasteiger partial charge in [-0.05, 0) is 32.8 Å². The molecule has 2 nitrogen and oxygen atoms in total. The fourth-order valence-electron chi connectivity index (χ4n) is 2.07. The van der Waals surface area contributed by atoms with Crippen LogP contribution in [0.4, 0.5) is 0 Å². The van der Waals surface area contributed by atoms with Gasteiger partial charge in [0.05, 0.1) is 10.2 Å². The van der Waals surface area contributed by atoms with Gasteiger partial charge in [0.25, 0.3) is 0 Å². The summed E-state index contributed by atoms with van der Waals surface area (Å²) in [5, 5.41) is 0.462. The molecule has 0 amide bonds. The standard InChI is InChI=1S/C17H20BrClN2/c1-10(2)14-13(18)15(19)21-16(20-14)11-6-8-12(9-7-11)17(3,4)5/h6-10H,1-5H3. The van der Waals surface area contributed by atoms with E-state index in [9.17, 15) is 0 Å². The fraction of sp³-hybridized carbons (Fsp3) is 0.412. The van der Waals surface area contributed by atoms with Crippen molar-refractivity contribution in [3.8, 4) is 11.4 Å². The third-order valence-corrected chi connectivity index (χ3v) is 4.68. The first-order valence-corrected chi connectivity index (χ1v) is 8.21. The highest BCUT2D eigenvalue weighted by atomic mass is 79.9. The molecule has 0 spiro atoms. The number of hydrogen-bond donors (Lipinski definition) is 0. The van der Waals surface area contributed by atoms with Crippen LogP contribution in [0.1, 0.15) is 51.8 Å². The Balaban J connectivity index is 2.47. The van der Waals surface area contributed by atoms with E-state index in [2.05, 4.69) is 84.8 Å². The highest BCUT2D eigenvalue weighted by Gasteiger charge is 2.16. The predicted molar refractivity (Wildman–Crippen MR) is 93.0 cm³/mol. The molecule has 0 saturated heterocycles. The minimum atomic E-state index is 0.139. The molecule has 0 bridgehead atoms. The molecule has 0 radical (unpaired) electrons. The summed E-state index contributed by atoms with van der Waals surface area (Å²) < 4.78 is 0.786. The summed E-state index contributed by atoms with van der Waals surface area (Å²) >= 11 is 9.69. The van der Waals surface area contributed by atoms with Gasteiger partial charge in [-0.2, -0.15) is 0 Å². The summed E-state index contributed by atoms with van der Waals surface area (Å²) in [4.78, 5) is 9.04. The molecule has 112 valence electrons. The number of rotatable bonds is 2. The molecule has 0 unspecified atom stereocenters. The molecule has 0 N–H and O–H groups in total. The van der Waals surface area contributed by atoms with Crippen LogP contribution < -0.4 is 0 Å². The van der Waals surface area contributed by atoms with Crippen LogP contribution in [0.3, 0.4) is 0 Å². The Bertz CT molecular complexity index is 643. The Hall–Kier alpha value is -0.930. The second kappa shape index (κ2) is 6.05. The van der Waals surface area contributed by atoms with Gasteiger partial charge in [0.2, 0.25) is 0 Å². The van der Waals surface area contributed by atoms with Crippen molar-refractivity contribution in [1.29, 1.82) is 0 Å². The molecule has 0 aliphatic carbocycles. The van der Waals surface area contributed by atoms with Crippen LogP contribution in [0, 0.1) is 0 Å². The minimum absolute atomic E-state index is 0.139. The number of halogens is 2. The molecule has 0 fully saturated rings. The van der Waals surface area contributed by atoms with Gasteiger partial charge in [0, 0.05) is 5.56 Å². The Morgan fingerprint density at radius 3 is 2.10 bits per heavy atom. The van der Waals surface area contributed by atoms with E-state index in [1.807, 2.05) is 0 Å². The maximum Gasteiger partial charge on any atom is 0.161 e. The molecule has 1 aromatic carbocycles. The number of benzene rings is 1. The monoisotopic (exact) mass is 366 g/mol. The van der Waals surface area contributed by atoms with E-state index in [0.717, 1.165) is 15.7 Å². The first kappa shape index (κ1) is 16.4. The molecule has 0 atom stereocenters. The normalized spacial score (nSPS) is 12.0. The lowest BCUT2D eigenvalue weighted by molar-refractivity contribution is 0.590. The Kier molecular flexibility index (Phi) is 4.74. The molecule has 21 heavy (non-hydrogen) atoms. The number of nitrogens with zero attached hydrogens (tertiary/aromatic N) is 2. The molecular formula is C17H20BrClN2. The molecule has 2 aromatic rings.